The molecule has 0 bridgehead atoms. The maximum absolute atomic E-state index is 12.3. The summed E-state index contributed by atoms with van der Waals surface area (Å²) in [5, 5.41) is 40.1. The van der Waals surface area contributed by atoms with Gasteiger partial charge in [0.1, 0.15) is 17.8 Å². The number of hydrogen-bond donors (Lipinski definition) is 4. The van der Waals surface area contributed by atoms with Gasteiger partial charge in [0.25, 0.3) is 0 Å². The van der Waals surface area contributed by atoms with Crippen LogP contribution in [0.15, 0.2) is 24.3 Å². The summed E-state index contributed by atoms with van der Waals surface area (Å²) >= 11 is 0. The molecule has 0 unspecified atom stereocenters. The highest BCUT2D eigenvalue weighted by Crippen LogP contribution is 2.54. The largest absolute Gasteiger partial charge is 0.461 e. The molecule has 0 radical (unpaired) electrons. The Morgan fingerprint density at radius 2 is 2.07 bits per heavy atom. The molecule has 3 aliphatic rings. The van der Waals surface area contributed by atoms with E-state index in [0.717, 1.165) is 0 Å². The first kappa shape index (κ1) is 20.0. The van der Waals surface area contributed by atoms with E-state index in [4.69, 9.17) is 14.6 Å². The van der Waals surface area contributed by atoms with E-state index in [1.807, 2.05) is 0 Å². The van der Waals surface area contributed by atoms with E-state index < -0.39 is 72.7 Å². The van der Waals surface area contributed by atoms with Gasteiger partial charge in [0.2, 0.25) is 0 Å². The number of hydrogen-bond acceptors (Lipinski definition) is 8. The second-order valence-electron chi connectivity index (χ2n) is 7.87. The van der Waals surface area contributed by atoms with E-state index in [2.05, 4.69) is 13.2 Å². The average molecular weight is 382 g/mol. The first-order valence-corrected chi connectivity index (χ1v) is 9.04. The molecule has 1 saturated heterocycles. The topological polar surface area (TPSA) is 134 Å². The van der Waals surface area contributed by atoms with Gasteiger partial charge in [-0.2, -0.15) is 0 Å². The number of carbonyl (C=O) groups excluding carboxylic acids is 2. The number of aliphatic hydroxyl groups excluding tert-OH is 3. The summed E-state index contributed by atoms with van der Waals surface area (Å²) in [6.07, 6.45) is -2.39. The van der Waals surface area contributed by atoms with E-state index in [1.54, 1.807) is 6.92 Å². The van der Waals surface area contributed by atoms with Gasteiger partial charge in [0.05, 0.1) is 30.8 Å². The Morgan fingerprint density at radius 1 is 1.41 bits per heavy atom. The average Bonchev–Trinajstić information content (AvgIpc) is 3.03. The van der Waals surface area contributed by atoms with Gasteiger partial charge in [-0.15, -0.1) is 0 Å². The number of ether oxygens (including phenoxy) is 2. The third-order valence-corrected chi connectivity index (χ3v) is 6.41. The van der Waals surface area contributed by atoms with Gasteiger partial charge in [-0.05, 0) is 12.3 Å². The Labute approximate surface area is 157 Å². The maximum Gasteiger partial charge on any atom is 0.336 e. The lowest BCUT2D eigenvalue weighted by molar-refractivity contribution is -0.165. The Kier molecular flexibility index (Phi) is 5.20. The molecule has 8 nitrogen and oxygen atoms in total. The van der Waals surface area contributed by atoms with Crippen molar-refractivity contribution in [3.8, 4) is 0 Å². The summed E-state index contributed by atoms with van der Waals surface area (Å²) in [6.45, 7) is 7.91. The molecule has 1 heterocycles. The Morgan fingerprint density at radius 3 is 2.67 bits per heavy atom. The Bertz CT molecular complexity index is 673. The minimum atomic E-state index is -1.84. The molecule has 8 heteroatoms. The normalized spacial score (nSPS) is 43.5. The highest BCUT2D eigenvalue weighted by atomic mass is 16.6. The van der Waals surface area contributed by atoms with Crippen molar-refractivity contribution in [2.75, 3.05) is 13.2 Å². The van der Waals surface area contributed by atoms with Crippen LogP contribution in [0.5, 0.6) is 0 Å². The van der Waals surface area contributed by atoms with E-state index in [9.17, 15) is 24.9 Å². The summed E-state index contributed by atoms with van der Waals surface area (Å²) in [5.74, 6) is -3.60. The fraction of sp³-hybridized carbons (Fsp3) is 0.684. The first-order chi connectivity index (χ1) is 12.7. The highest BCUT2D eigenvalue weighted by molar-refractivity contribution is 5.88. The van der Waals surface area contributed by atoms with Gasteiger partial charge >= 0.3 is 11.9 Å². The minimum Gasteiger partial charge on any atom is -0.461 e. The number of esters is 2. The van der Waals surface area contributed by atoms with Crippen LogP contribution >= 0.6 is 0 Å². The first-order valence-electron chi connectivity index (χ1n) is 9.04. The summed E-state index contributed by atoms with van der Waals surface area (Å²) in [5.41, 5.74) is -1.30. The van der Waals surface area contributed by atoms with Crippen molar-refractivity contribution in [1.29, 1.82) is 0 Å². The summed E-state index contributed by atoms with van der Waals surface area (Å²) in [7, 11) is 0. The van der Waals surface area contributed by atoms with Crippen molar-refractivity contribution < 1.29 is 39.5 Å². The SMILES string of the molecule is C=C(CO)C(=O)O[C@H]1CC(=C)[C@@H]2C[C@H](O)[C@](O)(CO)[C@@H]2[C@H]2OC(=O)[C@@H](C)[C@@H]21. The number of rotatable bonds is 4. The van der Waals surface area contributed by atoms with E-state index >= 15 is 0 Å². The molecular weight excluding hydrogens is 356 g/mol. The molecule has 1 aliphatic heterocycles. The molecule has 4 N–H and O–H groups in total. The van der Waals surface area contributed by atoms with Crippen LogP contribution in [0, 0.1) is 23.7 Å². The summed E-state index contributed by atoms with van der Waals surface area (Å²) < 4.78 is 11.1. The molecule has 0 spiro atoms. The molecule has 0 aromatic carbocycles. The van der Waals surface area contributed by atoms with Crippen molar-refractivity contribution >= 4 is 11.9 Å². The number of carbonyl (C=O) groups is 2. The molecule has 0 aromatic rings. The van der Waals surface area contributed by atoms with Crippen LogP contribution in [0.4, 0.5) is 0 Å². The van der Waals surface area contributed by atoms with Crippen molar-refractivity contribution in [1.82, 2.24) is 0 Å². The van der Waals surface area contributed by atoms with Crippen LogP contribution in [0.1, 0.15) is 19.8 Å². The third kappa shape index (κ3) is 3.00. The molecule has 2 saturated carbocycles. The second-order valence-corrected chi connectivity index (χ2v) is 7.87. The van der Waals surface area contributed by atoms with Gasteiger partial charge in [-0.1, -0.05) is 25.7 Å². The van der Waals surface area contributed by atoms with Gasteiger partial charge in [-0.25, -0.2) is 4.79 Å². The lowest BCUT2D eigenvalue weighted by atomic mass is 9.75. The van der Waals surface area contributed by atoms with Gasteiger partial charge in [0, 0.05) is 18.3 Å². The Balaban J connectivity index is 2.00. The lowest BCUT2D eigenvalue weighted by Gasteiger charge is -2.37. The van der Waals surface area contributed by atoms with Gasteiger partial charge in [0.15, 0.2) is 0 Å². The standard InChI is InChI=1S/C19H26O8/c1-8-4-12(26-17(23)9(2)6-20)14-10(3)18(24)27-16(14)15-11(8)5-13(22)19(15,25)7-21/h10-16,20-22,25H,1-2,4-7H2,3H3/t10-,11-,12-,13-,14+,15-,16-,19+/m0/s1. The Hall–Kier alpha value is -1.74. The molecule has 0 amide bonds. The number of fused-ring (bicyclic) bond motifs is 3. The molecule has 3 rings (SSSR count). The predicted octanol–water partition coefficient (Wildman–Crippen LogP) is -0.695. The van der Waals surface area contributed by atoms with Gasteiger partial charge < -0.3 is 29.9 Å². The van der Waals surface area contributed by atoms with Crippen LogP contribution < -0.4 is 0 Å². The van der Waals surface area contributed by atoms with E-state index in [-0.39, 0.29) is 18.4 Å². The van der Waals surface area contributed by atoms with Crippen LogP contribution in [-0.2, 0) is 19.1 Å². The van der Waals surface area contributed by atoms with Crippen molar-refractivity contribution in [2.45, 2.75) is 43.7 Å². The zero-order valence-electron chi connectivity index (χ0n) is 15.2. The number of aliphatic hydroxyl groups is 4. The zero-order chi connectivity index (χ0) is 20.1. The third-order valence-electron chi connectivity index (χ3n) is 6.41. The van der Waals surface area contributed by atoms with Crippen molar-refractivity contribution in [3.05, 3.63) is 24.3 Å². The van der Waals surface area contributed by atoms with Crippen LogP contribution in [-0.4, -0.2) is 69.5 Å². The van der Waals surface area contributed by atoms with Crippen molar-refractivity contribution in [2.24, 2.45) is 23.7 Å². The predicted molar refractivity (Wildman–Crippen MR) is 92.0 cm³/mol. The van der Waals surface area contributed by atoms with Crippen molar-refractivity contribution in [3.63, 3.8) is 0 Å². The highest BCUT2D eigenvalue weighted by Gasteiger charge is 2.65. The lowest BCUT2D eigenvalue weighted by Crippen LogP contribution is -2.53. The molecule has 27 heavy (non-hydrogen) atoms. The minimum absolute atomic E-state index is 0.109. The van der Waals surface area contributed by atoms with E-state index in [0.29, 0.717) is 5.57 Å². The fourth-order valence-corrected chi connectivity index (χ4v) is 4.87. The maximum atomic E-state index is 12.3. The van der Waals surface area contributed by atoms with Gasteiger partial charge in [-0.3, -0.25) is 4.79 Å². The monoisotopic (exact) mass is 382 g/mol. The van der Waals surface area contributed by atoms with E-state index in [1.165, 1.54) is 0 Å². The second kappa shape index (κ2) is 7.01. The fourth-order valence-electron chi connectivity index (χ4n) is 4.87. The zero-order valence-corrected chi connectivity index (χ0v) is 15.2. The molecule has 2 aliphatic carbocycles. The summed E-state index contributed by atoms with van der Waals surface area (Å²) in [6, 6.07) is 0. The molecule has 150 valence electrons. The quantitative estimate of drug-likeness (QED) is 0.285. The molecule has 3 fully saturated rings. The summed E-state index contributed by atoms with van der Waals surface area (Å²) in [4.78, 5) is 24.4. The van der Waals surface area contributed by atoms with Crippen LogP contribution in [0.2, 0.25) is 0 Å². The van der Waals surface area contributed by atoms with Crippen LogP contribution in [0.25, 0.3) is 0 Å². The smallest absolute Gasteiger partial charge is 0.336 e. The van der Waals surface area contributed by atoms with Crippen LogP contribution in [0.3, 0.4) is 0 Å². The molecule has 0 aromatic heterocycles. The molecule has 8 atom stereocenters. The molecular formula is C19H26O8.